The second-order valence-electron chi connectivity index (χ2n) is 3.71. The summed E-state index contributed by atoms with van der Waals surface area (Å²) in [4.78, 5) is 4.75. The average Bonchev–Trinajstić information content (AvgIpc) is 2.56. The van der Waals surface area contributed by atoms with Crippen molar-refractivity contribution in [1.29, 1.82) is 5.26 Å². The van der Waals surface area contributed by atoms with E-state index < -0.39 is 0 Å². The first-order chi connectivity index (χ1) is 8.04. The lowest BCUT2D eigenvalue weighted by Gasteiger charge is -2.01. The molecule has 0 aliphatic carbocycles. The van der Waals surface area contributed by atoms with Crippen LogP contribution in [0.2, 0.25) is 0 Å². The summed E-state index contributed by atoms with van der Waals surface area (Å²) < 4.78 is 2.12. The molecule has 1 rings (SSSR count). The lowest BCUT2D eigenvalue weighted by molar-refractivity contribution is 0.760. The van der Waals surface area contributed by atoms with E-state index in [2.05, 4.69) is 60.5 Å². The minimum absolute atomic E-state index is 0.248. The SMILES string of the molecule is Bc1nc(=C(\C#N)CBr)/c(=C\C(C)Br)n1CC. The summed E-state index contributed by atoms with van der Waals surface area (Å²) in [5.74, 6) is 0. The van der Waals surface area contributed by atoms with Crippen LogP contribution in [0.3, 0.4) is 0 Å². The van der Waals surface area contributed by atoms with Gasteiger partial charge in [-0.3, -0.25) is 0 Å². The van der Waals surface area contributed by atoms with E-state index >= 15 is 0 Å². The van der Waals surface area contributed by atoms with Crippen LogP contribution in [0.15, 0.2) is 0 Å². The second kappa shape index (κ2) is 6.41. The minimum atomic E-state index is 0.248. The first-order valence-corrected chi connectivity index (χ1v) is 7.47. The Morgan fingerprint density at radius 3 is 2.76 bits per heavy atom. The molecule has 17 heavy (non-hydrogen) atoms. The van der Waals surface area contributed by atoms with Crippen molar-refractivity contribution in [2.75, 3.05) is 5.33 Å². The predicted octanol–water partition coefficient (Wildman–Crippen LogP) is -0.206. The molecule has 0 bridgehead atoms. The molecule has 1 heterocycles. The summed E-state index contributed by atoms with van der Waals surface area (Å²) in [6.45, 7) is 4.98. The third-order valence-corrected chi connectivity index (χ3v) is 3.28. The van der Waals surface area contributed by atoms with Crippen molar-refractivity contribution < 1.29 is 0 Å². The van der Waals surface area contributed by atoms with Crippen molar-refractivity contribution in [3.63, 3.8) is 0 Å². The zero-order valence-corrected chi connectivity index (χ0v) is 13.3. The standard InChI is InChI=1S/C11H14BBr2N3/c1-3-17-9(4-7(2)14)10(16-11(17)12)8(5-13)6-15/h4,7H,3,5,12H2,1-2H3/b9-4+,10-8-. The van der Waals surface area contributed by atoms with Gasteiger partial charge in [-0.1, -0.05) is 31.9 Å². The first-order valence-electron chi connectivity index (χ1n) is 5.43. The maximum absolute atomic E-state index is 9.12. The molecule has 0 radical (unpaired) electrons. The predicted molar refractivity (Wildman–Crippen MR) is 81.0 cm³/mol. The summed E-state index contributed by atoms with van der Waals surface area (Å²) in [5, 5.41) is 11.5. The van der Waals surface area contributed by atoms with Gasteiger partial charge in [0.1, 0.15) is 5.35 Å². The molecular formula is C11H14BBr2N3. The number of imidazole rings is 1. The molecule has 0 aromatic carbocycles. The van der Waals surface area contributed by atoms with Crippen LogP contribution in [0.25, 0.3) is 11.6 Å². The van der Waals surface area contributed by atoms with Gasteiger partial charge in [-0.2, -0.15) is 5.26 Å². The van der Waals surface area contributed by atoms with Gasteiger partial charge in [0.2, 0.25) is 0 Å². The quantitative estimate of drug-likeness (QED) is 0.554. The van der Waals surface area contributed by atoms with Crippen LogP contribution in [0, 0.1) is 11.3 Å². The van der Waals surface area contributed by atoms with E-state index in [4.69, 9.17) is 5.26 Å². The fourth-order valence-electron chi connectivity index (χ4n) is 1.74. The Labute approximate surface area is 119 Å². The third-order valence-electron chi connectivity index (χ3n) is 2.46. The highest BCUT2D eigenvalue weighted by Crippen LogP contribution is 1.98. The normalized spacial score (nSPS) is 15.6. The Morgan fingerprint density at radius 2 is 2.35 bits per heavy atom. The van der Waals surface area contributed by atoms with Gasteiger partial charge in [0.25, 0.3) is 0 Å². The van der Waals surface area contributed by atoms with E-state index in [-0.39, 0.29) is 4.83 Å². The Morgan fingerprint density at radius 1 is 1.71 bits per heavy atom. The van der Waals surface area contributed by atoms with Crippen LogP contribution in [0.5, 0.6) is 0 Å². The van der Waals surface area contributed by atoms with Crippen molar-refractivity contribution in [3.05, 3.63) is 10.7 Å². The molecule has 1 unspecified atom stereocenters. The van der Waals surface area contributed by atoms with E-state index in [0.29, 0.717) is 10.9 Å². The summed E-state index contributed by atoms with van der Waals surface area (Å²) in [7, 11) is 1.96. The molecule has 90 valence electrons. The largest absolute Gasteiger partial charge is 0.337 e. The van der Waals surface area contributed by atoms with E-state index in [1.807, 2.05) is 14.8 Å². The number of halogens is 2. The summed E-state index contributed by atoms with van der Waals surface area (Å²) in [5.41, 5.74) is 1.61. The van der Waals surface area contributed by atoms with Crippen LogP contribution in [0.1, 0.15) is 13.8 Å². The van der Waals surface area contributed by atoms with Gasteiger partial charge < -0.3 is 4.57 Å². The van der Waals surface area contributed by atoms with Crippen LogP contribution in [-0.4, -0.2) is 27.6 Å². The number of hydrogen-bond donors (Lipinski definition) is 0. The molecule has 0 aliphatic heterocycles. The van der Waals surface area contributed by atoms with Gasteiger partial charge in [-0.25, -0.2) is 4.98 Å². The maximum Gasteiger partial charge on any atom is 0.186 e. The van der Waals surface area contributed by atoms with Crippen LogP contribution < -0.4 is 16.4 Å². The Kier molecular flexibility index (Phi) is 5.48. The monoisotopic (exact) mass is 357 g/mol. The Balaban J connectivity index is 3.77. The number of hydrogen-bond acceptors (Lipinski definition) is 2. The van der Waals surface area contributed by atoms with Gasteiger partial charge in [-0.15, -0.1) is 0 Å². The highest BCUT2D eigenvalue weighted by atomic mass is 79.9. The zero-order chi connectivity index (χ0) is 13.0. The number of aromatic nitrogens is 2. The van der Waals surface area contributed by atoms with Crippen molar-refractivity contribution in [1.82, 2.24) is 9.55 Å². The van der Waals surface area contributed by atoms with Gasteiger partial charge in [0.15, 0.2) is 7.85 Å². The number of alkyl halides is 2. The molecule has 1 atom stereocenters. The second-order valence-corrected chi connectivity index (χ2v) is 5.71. The lowest BCUT2D eigenvalue weighted by Crippen LogP contribution is -2.34. The van der Waals surface area contributed by atoms with Crippen LogP contribution in [0.4, 0.5) is 0 Å². The van der Waals surface area contributed by atoms with Crippen LogP contribution >= 0.6 is 31.9 Å². The van der Waals surface area contributed by atoms with E-state index in [1.54, 1.807) is 0 Å². The molecule has 0 saturated heterocycles. The molecule has 0 fully saturated rings. The van der Waals surface area contributed by atoms with E-state index in [9.17, 15) is 0 Å². The van der Waals surface area contributed by atoms with E-state index in [0.717, 1.165) is 23.0 Å². The molecule has 0 N–H and O–H groups in total. The molecular weight excluding hydrogens is 345 g/mol. The van der Waals surface area contributed by atoms with Crippen LogP contribution in [-0.2, 0) is 6.54 Å². The molecule has 0 spiro atoms. The third kappa shape index (κ3) is 3.23. The zero-order valence-electron chi connectivity index (χ0n) is 10.2. The van der Waals surface area contributed by atoms with Gasteiger partial charge in [0, 0.05) is 16.7 Å². The Hall–Kier alpha value is -0.535. The first kappa shape index (κ1) is 14.5. The number of rotatable bonds is 3. The molecule has 0 aliphatic rings. The lowest BCUT2D eigenvalue weighted by atomic mass is 10.1. The molecule has 0 amide bonds. The number of nitrogens with zero attached hydrogens (tertiary/aromatic N) is 3. The van der Waals surface area contributed by atoms with Crippen molar-refractivity contribution in [2.24, 2.45) is 0 Å². The molecule has 1 aromatic heterocycles. The summed E-state index contributed by atoms with van der Waals surface area (Å²) in [6.07, 6.45) is 2.08. The highest BCUT2D eigenvalue weighted by Gasteiger charge is 2.06. The van der Waals surface area contributed by atoms with E-state index in [1.165, 1.54) is 0 Å². The Bertz CT molecular complexity index is 554. The molecule has 3 nitrogen and oxygen atoms in total. The molecule has 6 heteroatoms. The summed E-state index contributed by atoms with van der Waals surface area (Å²) >= 11 is 6.84. The van der Waals surface area contributed by atoms with Gasteiger partial charge in [0.05, 0.1) is 22.7 Å². The smallest absolute Gasteiger partial charge is 0.186 e. The molecule has 0 saturated carbocycles. The summed E-state index contributed by atoms with van der Waals surface area (Å²) in [6, 6.07) is 2.20. The molecule has 1 aromatic rings. The van der Waals surface area contributed by atoms with Gasteiger partial charge in [-0.05, 0) is 19.9 Å². The maximum atomic E-state index is 9.12. The van der Waals surface area contributed by atoms with Crippen molar-refractivity contribution in [3.8, 4) is 6.07 Å². The topological polar surface area (TPSA) is 41.6 Å². The van der Waals surface area contributed by atoms with Gasteiger partial charge >= 0.3 is 0 Å². The fraction of sp³-hybridized carbons (Fsp3) is 0.455. The average molecular weight is 359 g/mol. The van der Waals surface area contributed by atoms with Crippen molar-refractivity contribution >= 4 is 57.1 Å². The van der Waals surface area contributed by atoms with Crippen molar-refractivity contribution in [2.45, 2.75) is 25.2 Å². The minimum Gasteiger partial charge on any atom is -0.337 e. The fourth-order valence-corrected chi connectivity index (χ4v) is 2.38. The highest BCUT2D eigenvalue weighted by molar-refractivity contribution is 9.09. The number of nitriles is 1.